The van der Waals surface area contributed by atoms with E-state index in [1.807, 2.05) is 38.1 Å². The molecule has 2 rings (SSSR count). The maximum absolute atomic E-state index is 11.8. The van der Waals surface area contributed by atoms with Crippen LogP contribution in [0.15, 0.2) is 24.3 Å². The highest BCUT2D eigenvalue weighted by Crippen LogP contribution is 2.30. The lowest BCUT2D eigenvalue weighted by Gasteiger charge is -2.15. The van der Waals surface area contributed by atoms with Crippen LogP contribution >= 0.6 is 0 Å². The monoisotopic (exact) mass is 291 g/mol. The lowest BCUT2D eigenvalue weighted by molar-refractivity contribution is -0.123. The Bertz CT molecular complexity index is 469. The van der Waals surface area contributed by atoms with Crippen molar-refractivity contribution in [3.63, 3.8) is 0 Å². The van der Waals surface area contributed by atoms with Crippen molar-refractivity contribution >= 4 is 5.91 Å². The highest BCUT2D eigenvalue weighted by atomic mass is 16.5. The first kappa shape index (κ1) is 15.8. The number of hydrogen-bond acceptors (Lipinski definition) is 3. The Morgan fingerprint density at radius 2 is 2.10 bits per heavy atom. The Morgan fingerprint density at radius 1 is 1.38 bits per heavy atom. The molecule has 2 N–H and O–H groups in total. The van der Waals surface area contributed by atoms with Gasteiger partial charge in [-0.1, -0.05) is 32.0 Å². The summed E-state index contributed by atoms with van der Waals surface area (Å²) >= 11 is 0. The average Bonchev–Trinajstić information content (AvgIpc) is 3.27. The minimum atomic E-state index is -0.591. The van der Waals surface area contributed by atoms with Gasteiger partial charge in [0.05, 0.1) is 19.1 Å². The second kappa shape index (κ2) is 7.46. The van der Waals surface area contributed by atoms with Gasteiger partial charge in [-0.2, -0.15) is 0 Å². The van der Waals surface area contributed by atoms with Crippen molar-refractivity contribution in [3.8, 4) is 5.75 Å². The van der Waals surface area contributed by atoms with Gasteiger partial charge in [0.25, 0.3) is 0 Å². The molecule has 0 bridgehead atoms. The van der Waals surface area contributed by atoms with Crippen LogP contribution in [0.1, 0.15) is 38.7 Å². The standard InChI is InChI=1S/C17H25NO3/c1-12(2)15(19)9-17(20)18-10-14-5-3-4-6-16(14)21-11-13-7-8-13/h3-6,12-13,15,19H,7-11H2,1-2H3,(H,18,20). The molecule has 1 aliphatic rings. The normalized spacial score (nSPS) is 15.8. The molecule has 1 amide bonds. The molecule has 4 nitrogen and oxygen atoms in total. The van der Waals surface area contributed by atoms with Gasteiger partial charge in [0.2, 0.25) is 5.91 Å². The Morgan fingerprint density at radius 3 is 2.76 bits per heavy atom. The third-order valence-electron chi connectivity index (χ3n) is 3.78. The van der Waals surface area contributed by atoms with Crippen LogP contribution in [-0.4, -0.2) is 23.7 Å². The van der Waals surface area contributed by atoms with Crippen LogP contribution in [0.2, 0.25) is 0 Å². The van der Waals surface area contributed by atoms with Crippen molar-refractivity contribution < 1.29 is 14.6 Å². The summed E-state index contributed by atoms with van der Waals surface area (Å²) in [7, 11) is 0. The molecule has 4 heteroatoms. The molecule has 116 valence electrons. The first-order valence-electron chi connectivity index (χ1n) is 7.71. The van der Waals surface area contributed by atoms with Crippen LogP contribution in [0, 0.1) is 11.8 Å². The third kappa shape index (κ3) is 5.38. The summed E-state index contributed by atoms with van der Waals surface area (Å²) in [6, 6.07) is 7.78. The van der Waals surface area contributed by atoms with Crippen molar-refractivity contribution in [1.29, 1.82) is 0 Å². The Kier molecular flexibility index (Phi) is 5.62. The Labute approximate surface area is 126 Å². The van der Waals surface area contributed by atoms with Gasteiger partial charge in [-0.25, -0.2) is 0 Å². The molecule has 1 aromatic rings. The van der Waals surface area contributed by atoms with Crippen LogP contribution in [0.25, 0.3) is 0 Å². The molecule has 0 aliphatic heterocycles. The van der Waals surface area contributed by atoms with Gasteiger partial charge in [0.15, 0.2) is 0 Å². The topological polar surface area (TPSA) is 58.6 Å². The number of aliphatic hydroxyl groups excluding tert-OH is 1. The number of benzene rings is 1. The molecule has 0 saturated heterocycles. The van der Waals surface area contributed by atoms with Crippen LogP contribution in [0.4, 0.5) is 0 Å². The smallest absolute Gasteiger partial charge is 0.222 e. The van der Waals surface area contributed by atoms with E-state index < -0.39 is 6.10 Å². The van der Waals surface area contributed by atoms with Crippen LogP contribution in [0.3, 0.4) is 0 Å². The lowest BCUT2D eigenvalue weighted by Crippen LogP contribution is -2.29. The zero-order valence-corrected chi connectivity index (χ0v) is 12.8. The van der Waals surface area contributed by atoms with Gasteiger partial charge in [-0.05, 0) is 30.7 Å². The zero-order valence-electron chi connectivity index (χ0n) is 12.8. The maximum atomic E-state index is 11.8. The fraction of sp³-hybridized carbons (Fsp3) is 0.588. The Balaban J connectivity index is 1.82. The second-order valence-corrected chi connectivity index (χ2v) is 6.15. The van der Waals surface area contributed by atoms with Crippen molar-refractivity contribution in [3.05, 3.63) is 29.8 Å². The summed E-state index contributed by atoms with van der Waals surface area (Å²) < 4.78 is 5.81. The molecule has 0 aromatic heterocycles. The van der Waals surface area contributed by atoms with E-state index in [1.54, 1.807) is 0 Å². The highest BCUT2D eigenvalue weighted by Gasteiger charge is 2.22. The molecule has 1 unspecified atom stereocenters. The number of amides is 1. The van der Waals surface area contributed by atoms with Crippen molar-refractivity contribution in [2.75, 3.05) is 6.61 Å². The molecular formula is C17H25NO3. The molecule has 1 saturated carbocycles. The molecule has 1 atom stereocenters. The lowest BCUT2D eigenvalue weighted by atomic mass is 10.0. The van der Waals surface area contributed by atoms with E-state index in [1.165, 1.54) is 12.8 Å². The number of nitrogens with one attached hydrogen (secondary N) is 1. The number of rotatable bonds is 8. The predicted molar refractivity (Wildman–Crippen MR) is 82.0 cm³/mol. The molecule has 0 spiro atoms. The Hall–Kier alpha value is -1.55. The highest BCUT2D eigenvalue weighted by molar-refractivity contribution is 5.76. The number of carbonyl (C=O) groups is 1. The third-order valence-corrected chi connectivity index (χ3v) is 3.78. The molecular weight excluding hydrogens is 266 g/mol. The second-order valence-electron chi connectivity index (χ2n) is 6.15. The summed E-state index contributed by atoms with van der Waals surface area (Å²) in [6.45, 7) is 5.00. The van der Waals surface area contributed by atoms with Gasteiger partial charge in [-0.15, -0.1) is 0 Å². The minimum absolute atomic E-state index is 0.0879. The summed E-state index contributed by atoms with van der Waals surface area (Å²) in [5.41, 5.74) is 0.977. The van der Waals surface area contributed by atoms with Gasteiger partial charge < -0.3 is 15.2 Å². The summed E-state index contributed by atoms with van der Waals surface area (Å²) in [5, 5.41) is 12.6. The molecule has 1 fully saturated rings. The average molecular weight is 291 g/mol. The largest absolute Gasteiger partial charge is 0.493 e. The first-order chi connectivity index (χ1) is 10.1. The van der Waals surface area contributed by atoms with Gasteiger partial charge >= 0.3 is 0 Å². The van der Waals surface area contributed by atoms with Gasteiger partial charge in [0, 0.05) is 12.1 Å². The minimum Gasteiger partial charge on any atom is -0.493 e. The zero-order chi connectivity index (χ0) is 15.2. The fourth-order valence-corrected chi connectivity index (χ4v) is 1.97. The fourth-order valence-electron chi connectivity index (χ4n) is 1.97. The molecule has 21 heavy (non-hydrogen) atoms. The van der Waals surface area contributed by atoms with Crippen molar-refractivity contribution in [1.82, 2.24) is 5.32 Å². The molecule has 1 aliphatic carbocycles. The van der Waals surface area contributed by atoms with Gasteiger partial charge in [-0.3, -0.25) is 4.79 Å². The van der Waals surface area contributed by atoms with E-state index in [2.05, 4.69) is 5.32 Å². The predicted octanol–water partition coefficient (Wildman–Crippen LogP) is 2.50. The number of ether oxygens (including phenoxy) is 1. The number of carbonyl (C=O) groups excluding carboxylic acids is 1. The summed E-state index contributed by atoms with van der Waals surface area (Å²) in [4.78, 5) is 11.8. The SMILES string of the molecule is CC(C)C(O)CC(=O)NCc1ccccc1OCC1CC1. The molecule has 0 heterocycles. The summed E-state index contributed by atoms with van der Waals surface area (Å²) in [5.74, 6) is 1.50. The van der Waals surface area contributed by atoms with E-state index in [0.717, 1.165) is 17.9 Å². The van der Waals surface area contributed by atoms with E-state index in [4.69, 9.17) is 4.74 Å². The van der Waals surface area contributed by atoms with Crippen LogP contribution < -0.4 is 10.1 Å². The number of hydrogen-bond donors (Lipinski definition) is 2. The number of para-hydroxylation sites is 1. The van der Waals surface area contributed by atoms with E-state index in [9.17, 15) is 9.90 Å². The van der Waals surface area contributed by atoms with E-state index in [0.29, 0.717) is 12.5 Å². The number of aliphatic hydroxyl groups is 1. The van der Waals surface area contributed by atoms with Crippen LogP contribution in [0.5, 0.6) is 5.75 Å². The van der Waals surface area contributed by atoms with E-state index in [-0.39, 0.29) is 18.2 Å². The van der Waals surface area contributed by atoms with Crippen molar-refractivity contribution in [2.45, 2.75) is 45.8 Å². The van der Waals surface area contributed by atoms with Gasteiger partial charge in [0.1, 0.15) is 5.75 Å². The quantitative estimate of drug-likeness (QED) is 0.773. The molecule has 1 aromatic carbocycles. The van der Waals surface area contributed by atoms with E-state index >= 15 is 0 Å². The maximum Gasteiger partial charge on any atom is 0.222 e. The van der Waals surface area contributed by atoms with Crippen LogP contribution in [-0.2, 0) is 11.3 Å². The molecule has 0 radical (unpaired) electrons. The van der Waals surface area contributed by atoms with Crippen molar-refractivity contribution in [2.24, 2.45) is 11.8 Å². The summed E-state index contributed by atoms with van der Waals surface area (Å²) in [6.07, 6.45) is 2.06. The first-order valence-corrected chi connectivity index (χ1v) is 7.71.